The van der Waals surface area contributed by atoms with E-state index >= 15 is 0 Å². The number of nitrogens with one attached hydrogen (secondary N) is 1. The molecule has 1 amide bonds. The number of carbonyl (C=O) groups is 1. The lowest BCUT2D eigenvalue weighted by Crippen LogP contribution is -2.12. The van der Waals surface area contributed by atoms with E-state index in [1.165, 1.54) is 17.3 Å². The van der Waals surface area contributed by atoms with Gasteiger partial charge >= 0.3 is 0 Å². The quantitative estimate of drug-likeness (QED) is 0.495. The van der Waals surface area contributed by atoms with Gasteiger partial charge < -0.3 is 5.32 Å². The average molecular weight is 422 g/mol. The lowest BCUT2D eigenvalue weighted by Gasteiger charge is -2.09. The van der Waals surface area contributed by atoms with Crippen LogP contribution in [0.15, 0.2) is 59.6 Å². The summed E-state index contributed by atoms with van der Waals surface area (Å²) >= 11 is 7.35. The molecule has 1 aromatic heterocycles. The third-order valence-electron chi connectivity index (χ3n) is 4.48. The van der Waals surface area contributed by atoms with Crippen LogP contribution in [0, 0.1) is 25.2 Å². The maximum Gasteiger partial charge on any atom is 0.225 e. The third-order valence-corrected chi connectivity index (χ3v) is 5.72. The lowest BCUT2D eigenvalue weighted by molar-refractivity contribution is -0.115. The fourth-order valence-corrected chi connectivity index (χ4v) is 3.74. The Labute approximate surface area is 179 Å². The molecule has 0 aliphatic carbocycles. The van der Waals surface area contributed by atoms with E-state index in [1.54, 1.807) is 18.2 Å². The smallest absolute Gasteiger partial charge is 0.225 e. The number of nitriles is 1. The van der Waals surface area contributed by atoms with Gasteiger partial charge in [0, 0.05) is 28.4 Å². The van der Waals surface area contributed by atoms with Crippen LogP contribution in [-0.4, -0.2) is 16.6 Å². The van der Waals surface area contributed by atoms with Gasteiger partial charge in [0.25, 0.3) is 0 Å². The van der Waals surface area contributed by atoms with Crippen molar-refractivity contribution in [2.75, 3.05) is 11.1 Å². The lowest BCUT2D eigenvalue weighted by atomic mass is 10.1. The molecule has 0 saturated carbocycles. The highest BCUT2D eigenvalue weighted by atomic mass is 35.5. The molecule has 0 atom stereocenters. The van der Waals surface area contributed by atoms with Crippen LogP contribution in [0.3, 0.4) is 0 Å². The first kappa shape index (κ1) is 20.9. The number of thioether (sulfide) groups is 1. The van der Waals surface area contributed by atoms with E-state index in [-0.39, 0.29) is 5.91 Å². The molecule has 0 radical (unpaired) electrons. The number of anilines is 1. The van der Waals surface area contributed by atoms with Crippen molar-refractivity contribution < 1.29 is 4.79 Å². The van der Waals surface area contributed by atoms with Crippen molar-refractivity contribution in [2.24, 2.45) is 0 Å². The zero-order chi connectivity index (χ0) is 20.8. The number of nitrogens with zero attached hydrogens (tertiary/aromatic N) is 2. The predicted molar refractivity (Wildman–Crippen MR) is 119 cm³/mol. The van der Waals surface area contributed by atoms with Crippen molar-refractivity contribution >= 4 is 35.0 Å². The summed E-state index contributed by atoms with van der Waals surface area (Å²) in [5.74, 6) is 0.468. The number of rotatable bonds is 6. The Morgan fingerprint density at radius 1 is 1.10 bits per heavy atom. The van der Waals surface area contributed by atoms with Gasteiger partial charge in [-0.2, -0.15) is 5.26 Å². The first-order valence-corrected chi connectivity index (χ1v) is 10.5. The Bertz CT molecular complexity index is 1070. The van der Waals surface area contributed by atoms with Crippen molar-refractivity contribution in [3.8, 4) is 17.3 Å². The minimum atomic E-state index is -0.0619. The summed E-state index contributed by atoms with van der Waals surface area (Å²) in [6.07, 6.45) is 0.329. The van der Waals surface area contributed by atoms with Gasteiger partial charge in [0.1, 0.15) is 11.1 Å². The molecule has 6 heteroatoms. The van der Waals surface area contributed by atoms with Crippen molar-refractivity contribution in [3.05, 3.63) is 76.3 Å². The molecular formula is C23H20ClN3OS. The van der Waals surface area contributed by atoms with Gasteiger partial charge in [-0.3, -0.25) is 4.79 Å². The van der Waals surface area contributed by atoms with Crippen LogP contribution < -0.4 is 5.32 Å². The zero-order valence-corrected chi connectivity index (χ0v) is 17.8. The largest absolute Gasteiger partial charge is 0.326 e. The molecule has 0 saturated heterocycles. The van der Waals surface area contributed by atoms with E-state index in [1.807, 2.05) is 50.2 Å². The standard InChI is InChI=1S/C23H20ClN3OS/c1-15-3-9-20(13-16(15)2)26-22(28)11-12-29-23-18(14-25)6-10-21(27-23)17-4-7-19(24)8-5-17/h3-10,13H,11-12H2,1-2H3,(H,26,28). The van der Waals surface area contributed by atoms with Crippen molar-refractivity contribution in [1.82, 2.24) is 4.98 Å². The highest BCUT2D eigenvalue weighted by molar-refractivity contribution is 7.99. The van der Waals surface area contributed by atoms with Gasteiger partial charge in [-0.05, 0) is 61.4 Å². The molecule has 3 aromatic rings. The van der Waals surface area contributed by atoms with Gasteiger partial charge in [-0.15, -0.1) is 11.8 Å². The van der Waals surface area contributed by atoms with Crippen LogP contribution in [0.25, 0.3) is 11.3 Å². The summed E-state index contributed by atoms with van der Waals surface area (Å²) in [7, 11) is 0. The van der Waals surface area contributed by atoms with Crippen LogP contribution >= 0.6 is 23.4 Å². The topological polar surface area (TPSA) is 65.8 Å². The summed E-state index contributed by atoms with van der Waals surface area (Å²) in [6.45, 7) is 4.05. The minimum absolute atomic E-state index is 0.0619. The molecule has 1 N–H and O–H groups in total. The van der Waals surface area contributed by atoms with Crippen LogP contribution in [0.2, 0.25) is 5.02 Å². The number of pyridine rings is 1. The zero-order valence-electron chi connectivity index (χ0n) is 16.2. The number of benzene rings is 2. The number of amides is 1. The Balaban J connectivity index is 1.64. The average Bonchev–Trinajstić information content (AvgIpc) is 2.71. The van der Waals surface area contributed by atoms with Gasteiger partial charge in [0.15, 0.2) is 0 Å². The van der Waals surface area contributed by atoms with Crippen LogP contribution in [0.4, 0.5) is 5.69 Å². The van der Waals surface area contributed by atoms with E-state index in [9.17, 15) is 10.1 Å². The van der Waals surface area contributed by atoms with Gasteiger partial charge in [-0.25, -0.2) is 4.98 Å². The molecular weight excluding hydrogens is 402 g/mol. The first-order chi connectivity index (χ1) is 14.0. The number of hydrogen-bond donors (Lipinski definition) is 1. The van der Waals surface area contributed by atoms with Crippen molar-refractivity contribution in [3.63, 3.8) is 0 Å². The molecule has 0 spiro atoms. The SMILES string of the molecule is Cc1ccc(NC(=O)CCSc2nc(-c3ccc(Cl)cc3)ccc2C#N)cc1C. The summed E-state index contributed by atoms with van der Waals surface area (Å²) in [6, 6.07) is 19.0. The molecule has 4 nitrogen and oxygen atoms in total. The summed E-state index contributed by atoms with van der Waals surface area (Å²) in [5.41, 5.74) is 5.32. The molecule has 2 aromatic carbocycles. The summed E-state index contributed by atoms with van der Waals surface area (Å²) in [4.78, 5) is 16.9. The molecule has 0 aliphatic rings. The Morgan fingerprint density at radius 2 is 1.86 bits per heavy atom. The van der Waals surface area contributed by atoms with Gasteiger partial charge in [0.05, 0.1) is 11.3 Å². The number of halogens is 1. The third kappa shape index (κ3) is 5.60. The monoisotopic (exact) mass is 421 g/mol. The first-order valence-electron chi connectivity index (χ1n) is 9.13. The normalized spacial score (nSPS) is 10.4. The molecule has 3 rings (SSSR count). The molecule has 1 heterocycles. The Hall–Kier alpha value is -2.81. The van der Waals surface area contributed by atoms with E-state index in [0.29, 0.717) is 27.8 Å². The Morgan fingerprint density at radius 3 is 2.55 bits per heavy atom. The maximum atomic E-state index is 12.3. The molecule has 0 aliphatic heterocycles. The number of carbonyl (C=O) groups excluding carboxylic acids is 1. The number of aromatic nitrogens is 1. The fourth-order valence-electron chi connectivity index (χ4n) is 2.70. The van der Waals surface area contributed by atoms with E-state index < -0.39 is 0 Å². The second kappa shape index (κ2) is 9.60. The number of hydrogen-bond acceptors (Lipinski definition) is 4. The molecule has 0 fully saturated rings. The van der Waals surface area contributed by atoms with Gasteiger partial charge in [0.2, 0.25) is 5.91 Å². The van der Waals surface area contributed by atoms with E-state index in [4.69, 9.17) is 11.6 Å². The fraction of sp³-hybridized carbons (Fsp3) is 0.174. The summed E-state index contributed by atoms with van der Waals surface area (Å²) in [5, 5.41) is 13.6. The van der Waals surface area contributed by atoms with Crippen molar-refractivity contribution in [2.45, 2.75) is 25.3 Å². The molecule has 0 unspecified atom stereocenters. The molecule has 29 heavy (non-hydrogen) atoms. The number of aryl methyl sites for hydroxylation is 2. The highest BCUT2D eigenvalue weighted by Gasteiger charge is 2.10. The van der Waals surface area contributed by atoms with E-state index in [2.05, 4.69) is 16.4 Å². The minimum Gasteiger partial charge on any atom is -0.326 e. The molecule has 0 bridgehead atoms. The van der Waals surface area contributed by atoms with Crippen molar-refractivity contribution in [1.29, 1.82) is 5.26 Å². The highest BCUT2D eigenvalue weighted by Crippen LogP contribution is 2.26. The predicted octanol–water partition coefficient (Wildman–Crippen LogP) is 6.01. The van der Waals surface area contributed by atoms with Crippen LogP contribution in [0.1, 0.15) is 23.1 Å². The van der Waals surface area contributed by atoms with E-state index in [0.717, 1.165) is 22.5 Å². The summed E-state index contributed by atoms with van der Waals surface area (Å²) < 4.78 is 0. The second-order valence-electron chi connectivity index (χ2n) is 6.61. The van der Waals surface area contributed by atoms with Gasteiger partial charge in [-0.1, -0.05) is 29.8 Å². The maximum absolute atomic E-state index is 12.3. The second-order valence-corrected chi connectivity index (χ2v) is 8.13. The van der Waals surface area contributed by atoms with Crippen LogP contribution in [0.5, 0.6) is 0 Å². The molecule has 146 valence electrons. The Kier molecular flexibility index (Phi) is 6.92. The van der Waals surface area contributed by atoms with Crippen LogP contribution in [-0.2, 0) is 4.79 Å².